The van der Waals surface area contributed by atoms with Crippen LogP contribution in [0.15, 0.2) is 0 Å². The molecule has 0 amide bonds. The standard InChI is InChI=1S/C13H24O9S/c1-2-4-6(14)8(16)10(18)12(20-4)22-13-11(19)9(17)7(15)5(3-23)21-13/h4-19,23H,2-3H2,1H3/t4?,5?,6-,7-,8?,9+,10-,11?,12-,13-/m1/s1. The second kappa shape index (κ2) is 7.91. The van der Waals surface area contributed by atoms with Gasteiger partial charge >= 0.3 is 0 Å². The fraction of sp³-hybridized carbons (Fsp3) is 1.00. The third-order valence-electron chi connectivity index (χ3n) is 4.19. The second-order valence-corrected chi connectivity index (χ2v) is 6.12. The zero-order valence-corrected chi connectivity index (χ0v) is 13.4. The van der Waals surface area contributed by atoms with Crippen LogP contribution in [-0.2, 0) is 14.2 Å². The summed E-state index contributed by atoms with van der Waals surface area (Å²) in [7, 11) is 0. The number of hydrogen-bond donors (Lipinski definition) is 7. The van der Waals surface area contributed by atoms with E-state index >= 15 is 0 Å². The van der Waals surface area contributed by atoms with Crippen molar-refractivity contribution in [1.82, 2.24) is 0 Å². The summed E-state index contributed by atoms with van der Waals surface area (Å²) in [6.07, 6.45) is -12.8. The molecular weight excluding hydrogens is 332 g/mol. The summed E-state index contributed by atoms with van der Waals surface area (Å²) in [5.74, 6) is 0.0673. The summed E-state index contributed by atoms with van der Waals surface area (Å²) in [5, 5.41) is 59.1. The van der Waals surface area contributed by atoms with E-state index in [-0.39, 0.29) is 5.75 Å². The fourth-order valence-electron chi connectivity index (χ4n) is 2.68. The van der Waals surface area contributed by atoms with Crippen molar-refractivity contribution in [1.29, 1.82) is 0 Å². The van der Waals surface area contributed by atoms with Gasteiger partial charge in [0, 0.05) is 5.75 Å². The smallest absolute Gasteiger partial charge is 0.189 e. The van der Waals surface area contributed by atoms with E-state index in [1.165, 1.54) is 0 Å². The minimum atomic E-state index is -1.58. The molecular formula is C13H24O9S. The highest BCUT2D eigenvalue weighted by molar-refractivity contribution is 7.80. The van der Waals surface area contributed by atoms with Gasteiger partial charge in [0.25, 0.3) is 0 Å². The van der Waals surface area contributed by atoms with Crippen LogP contribution in [0.1, 0.15) is 13.3 Å². The molecule has 136 valence electrons. The van der Waals surface area contributed by atoms with Crippen molar-refractivity contribution in [2.45, 2.75) is 74.8 Å². The zero-order chi connectivity index (χ0) is 17.3. The number of ether oxygens (including phenoxy) is 3. The van der Waals surface area contributed by atoms with Crippen molar-refractivity contribution < 1.29 is 44.8 Å². The first kappa shape index (κ1) is 19.3. The van der Waals surface area contributed by atoms with Gasteiger partial charge in [0.2, 0.25) is 0 Å². The summed E-state index contributed by atoms with van der Waals surface area (Å²) < 4.78 is 16.0. The van der Waals surface area contributed by atoms with Crippen LogP contribution in [0.5, 0.6) is 0 Å². The maximum absolute atomic E-state index is 9.95. The largest absolute Gasteiger partial charge is 0.388 e. The third kappa shape index (κ3) is 3.82. The van der Waals surface area contributed by atoms with E-state index in [1.807, 2.05) is 0 Å². The van der Waals surface area contributed by atoms with Crippen LogP contribution in [0, 0.1) is 0 Å². The van der Waals surface area contributed by atoms with Crippen molar-refractivity contribution in [3.63, 3.8) is 0 Å². The maximum Gasteiger partial charge on any atom is 0.189 e. The summed E-state index contributed by atoms with van der Waals surface area (Å²) in [6.45, 7) is 1.72. The van der Waals surface area contributed by atoms with E-state index in [2.05, 4.69) is 12.6 Å². The Labute approximate surface area is 138 Å². The molecule has 2 rings (SSSR count). The highest BCUT2D eigenvalue weighted by Crippen LogP contribution is 2.29. The molecule has 2 aliphatic heterocycles. The van der Waals surface area contributed by atoms with Gasteiger partial charge in [-0.15, -0.1) is 0 Å². The maximum atomic E-state index is 9.95. The molecule has 0 saturated carbocycles. The average molecular weight is 356 g/mol. The molecule has 10 heteroatoms. The lowest BCUT2D eigenvalue weighted by Crippen LogP contribution is -2.63. The van der Waals surface area contributed by atoms with Gasteiger partial charge < -0.3 is 44.8 Å². The van der Waals surface area contributed by atoms with Crippen LogP contribution < -0.4 is 0 Å². The van der Waals surface area contributed by atoms with Gasteiger partial charge in [-0.05, 0) is 6.42 Å². The number of hydrogen-bond acceptors (Lipinski definition) is 10. The van der Waals surface area contributed by atoms with Crippen LogP contribution in [0.3, 0.4) is 0 Å². The van der Waals surface area contributed by atoms with Crippen LogP contribution >= 0.6 is 12.6 Å². The quantitative estimate of drug-likeness (QED) is 0.261. The number of rotatable bonds is 4. The van der Waals surface area contributed by atoms with Crippen molar-refractivity contribution >= 4 is 12.6 Å². The van der Waals surface area contributed by atoms with Crippen LogP contribution in [0.4, 0.5) is 0 Å². The Hall–Kier alpha value is -0.0100. The average Bonchev–Trinajstić information content (AvgIpc) is 2.55. The lowest BCUT2D eigenvalue weighted by atomic mass is 9.97. The lowest BCUT2D eigenvalue weighted by Gasteiger charge is -2.44. The van der Waals surface area contributed by atoms with Gasteiger partial charge in [0.15, 0.2) is 12.6 Å². The summed E-state index contributed by atoms with van der Waals surface area (Å²) in [6, 6.07) is 0. The summed E-state index contributed by atoms with van der Waals surface area (Å²) in [4.78, 5) is 0. The van der Waals surface area contributed by atoms with E-state index < -0.39 is 61.4 Å². The molecule has 4 unspecified atom stereocenters. The predicted molar refractivity (Wildman–Crippen MR) is 78.6 cm³/mol. The van der Waals surface area contributed by atoms with Crippen molar-refractivity contribution in [2.24, 2.45) is 0 Å². The van der Waals surface area contributed by atoms with Crippen molar-refractivity contribution in [3.05, 3.63) is 0 Å². The molecule has 23 heavy (non-hydrogen) atoms. The molecule has 2 fully saturated rings. The van der Waals surface area contributed by atoms with Gasteiger partial charge in [0.1, 0.15) is 36.6 Å². The first-order valence-electron chi connectivity index (χ1n) is 7.47. The van der Waals surface area contributed by atoms with Gasteiger partial charge in [-0.2, -0.15) is 12.6 Å². The number of aliphatic hydroxyl groups is 6. The zero-order valence-electron chi connectivity index (χ0n) is 12.5. The van der Waals surface area contributed by atoms with E-state index in [0.717, 1.165) is 0 Å². The fourth-order valence-corrected chi connectivity index (χ4v) is 2.98. The molecule has 0 aromatic heterocycles. The molecule has 10 atom stereocenters. The number of thiol groups is 1. The molecule has 0 bridgehead atoms. The Balaban J connectivity index is 2.07. The molecule has 2 saturated heterocycles. The minimum absolute atomic E-state index is 0.0673. The lowest BCUT2D eigenvalue weighted by molar-refractivity contribution is -0.371. The predicted octanol–water partition coefficient (Wildman–Crippen LogP) is -3.04. The van der Waals surface area contributed by atoms with Gasteiger partial charge in [-0.3, -0.25) is 0 Å². The van der Waals surface area contributed by atoms with Crippen LogP contribution in [0.2, 0.25) is 0 Å². The summed E-state index contributed by atoms with van der Waals surface area (Å²) >= 11 is 3.99. The van der Waals surface area contributed by atoms with Crippen molar-refractivity contribution in [3.8, 4) is 0 Å². The Morgan fingerprint density at radius 2 is 1.17 bits per heavy atom. The van der Waals surface area contributed by atoms with E-state index in [4.69, 9.17) is 14.2 Å². The SMILES string of the molecule is CCC1O[C@H](O[C@H]2OC(CS)[C@@H](O)[C@H](O)C2O)[C@H](O)C(O)[C@@H]1O. The topological polar surface area (TPSA) is 149 Å². The van der Waals surface area contributed by atoms with Gasteiger partial charge in [0.05, 0.1) is 12.2 Å². The van der Waals surface area contributed by atoms with E-state index in [0.29, 0.717) is 6.42 Å². The molecule has 9 nitrogen and oxygen atoms in total. The highest BCUT2D eigenvalue weighted by Gasteiger charge is 2.49. The molecule has 0 aliphatic carbocycles. The molecule has 0 radical (unpaired) electrons. The number of aliphatic hydroxyl groups excluding tert-OH is 6. The molecule has 2 heterocycles. The monoisotopic (exact) mass is 356 g/mol. The van der Waals surface area contributed by atoms with Crippen molar-refractivity contribution in [2.75, 3.05) is 5.75 Å². The third-order valence-corrected chi connectivity index (χ3v) is 4.55. The Kier molecular flexibility index (Phi) is 6.65. The molecule has 0 aromatic carbocycles. The molecule has 2 aliphatic rings. The Morgan fingerprint density at radius 1 is 0.739 bits per heavy atom. The van der Waals surface area contributed by atoms with Crippen LogP contribution in [0.25, 0.3) is 0 Å². The second-order valence-electron chi connectivity index (χ2n) is 5.76. The Bertz CT molecular complexity index is 348. The molecule has 0 aromatic rings. The van der Waals surface area contributed by atoms with E-state index in [9.17, 15) is 30.6 Å². The first-order chi connectivity index (χ1) is 10.8. The van der Waals surface area contributed by atoms with Crippen LogP contribution in [-0.4, -0.2) is 97.8 Å². The van der Waals surface area contributed by atoms with Gasteiger partial charge in [-0.1, -0.05) is 6.92 Å². The first-order valence-corrected chi connectivity index (χ1v) is 8.10. The van der Waals surface area contributed by atoms with Gasteiger partial charge in [-0.25, -0.2) is 0 Å². The molecule has 6 N–H and O–H groups in total. The van der Waals surface area contributed by atoms with E-state index in [1.54, 1.807) is 6.92 Å². The molecule has 0 spiro atoms. The summed E-state index contributed by atoms with van der Waals surface area (Å²) in [5.41, 5.74) is 0. The minimum Gasteiger partial charge on any atom is -0.388 e. The highest BCUT2D eigenvalue weighted by atomic mass is 32.1. The normalized spacial score (nSPS) is 51.7. The Morgan fingerprint density at radius 3 is 1.61 bits per heavy atom.